The van der Waals surface area contributed by atoms with E-state index in [1.54, 1.807) is 29.4 Å². The molecule has 8 nitrogen and oxygen atoms in total. The van der Waals surface area contributed by atoms with Gasteiger partial charge in [0.2, 0.25) is 11.7 Å². The van der Waals surface area contributed by atoms with Gasteiger partial charge in [0, 0.05) is 12.1 Å². The fourth-order valence-electron chi connectivity index (χ4n) is 3.87. The average molecular weight is 418 g/mol. The molecule has 1 aliphatic heterocycles. The SMILES string of the molecule is Cc1ccc(-n2nccn2)c(C(=O)N2CCC[C@H]2c2nc(-c3cccc(F)c3)no2)c1. The Kier molecular flexibility index (Phi) is 4.78. The van der Waals surface area contributed by atoms with E-state index in [1.807, 2.05) is 25.1 Å². The molecule has 0 spiro atoms. The number of carbonyl (C=O) groups is 1. The molecule has 0 bridgehead atoms. The summed E-state index contributed by atoms with van der Waals surface area (Å²) in [5.41, 5.74) is 2.60. The maximum Gasteiger partial charge on any atom is 0.256 e. The van der Waals surface area contributed by atoms with Gasteiger partial charge in [-0.3, -0.25) is 4.79 Å². The van der Waals surface area contributed by atoms with Gasteiger partial charge in [0.25, 0.3) is 5.91 Å². The van der Waals surface area contributed by atoms with Crippen LogP contribution in [-0.2, 0) is 0 Å². The Morgan fingerprint density at radius 2 is 2.00 bits per heavy atom. The van der Waals surface area contributed by atoms with Crippen LogP contribution in [0.1, 0.15) is 40.7 Å². The molecule has 4 aromatic rings. The second-order valence-corrected chi connectivity index (χ2v) is 7.46. The lowest BCUT2D eigenvalue weighted by Crippen LogP contribution is -2.31. The highest BCUT2D eigenvalue weighted by molar-refractivity contribution is 5.98. The number of likely N-dealkylation sites (tertiary alicyclic amines) is 1. The smallest absolute Gasteiger partial charge is 0.256 e. The lowest BCUT2D eigenvalue weighted by molar-refractivity contribution is 0.0709. The van der Waals surface area contributed by atoms with Crippen molar-refractivity contribution in [2.45, 2.75) is 25.8 Å². The van der Waals surface area contributed by atoms with Crippen LogP contribution in [0.5, 0.6) is 0 Å². The molecule has 3 heterocycles. The molecule has 0 unspecified atom stereocenters. The zero-order chi connectivity index (χ0) is 21.4. The van der Waals surface area contributed by atoms with Crippen molar-refractivity contribution in [1.29, 1.82) is 0 Å². The zero-order valence-corrected chi connectivity index (χ0v) is 16.8. The molecule has 0 aliphatic carbocycles. The van der Waals surface area contributed by atoms with Crippen molar-refractivity contribution in [2.75, 3.05) is 6.54 Å². The summed E-state index contributed by atoms with van der Waals surface area (Å²) >= 11 is 0. The Balaban J connectivity index is 1.47. The Bertz CT molecular complexity index is 1240. The predicted molar refractivity (Wildman–Crippen MR) is 109 cm³/mol. The largest absolute Gasteiger partial charge is 0.337 e. The van der Waals surface area contributed by atoms with Crippen molar-refractivity contribution >= 4 is 5.91 Å². The molecule has 0 N–H and O–H groups in total. The summed E-state index contributed by atoms with van der Waals surface area (Å²) in [6.07, 6.45) is 4.66. The third kappa shape index (κ3) is 3.58. The minimum Gasteiger partial charge on any atom is -0.337 e. The number of hydrogen-bond acceptors (Lipinski definition) is 6. The lowest BCUT2D eigenvalue weighted by atomic mass is 10.1. The van der Waals surface area contributed by atoms with Crippen molar-refractivity contribution in [3.05, 3.63) is 77.7 Å². The molecule has 1 amide bonds. The van der Waals surface area contributed by atoms with E-state index < -0.39 is 0 Å². The van der Waals surface area contributed by atoms with E-state index in [9.17, 15) is 9.18 Å². The topological polar surface area (TPSA) is 89.9 Å². The van der Waals surface area contributed by atoms with Gasteiger partial charge in [0.05, 0.1) is 23.6 Å². The second kappa shape index (κ2) is 7.75. The predicted octanol–water partition coefficient (Wildman–Crippen LogP) is 3.74. The minimum absolute atomic E-state index is 0.149. The van der Waals surface area contributed by atoms with E-state index in [1.165, 1.54) is 16.9 Å². The van der Waals surface area contributed by atoms with Gasteiger partial charge in [-0.1, -0.05) is 28.9 Å². The molecular weight excluding hydrogens is 399 g/mol. The van der Waals surface area contributed by atoms with Crippen LogP contribution in [0.2, 0.25) is 0 Å². The molecule has 31 heavy (non-hydrogen) atoms. The van der Waals surface area contributed by atoms with Crippen LogP contribution in [0, 0.1) is 12.7 Å². The molecule has 2 aromatic carbocycles. The van der Waals surface area contributed by atoms with Crippen LogP contribution >= 0.6 is 0 Å². The van der Waals surface area contributed by atoms with Gasteiger partial charge in [-0.2, -0.15) is 20.0 Å². The van der Waals surface area contributed by atoms with E-state index in [0.29, 0.717) is 41.5 Å². The maximum absolute atomic E-state index is 13.6. The highest BCUT2D eigenvalue weighted by Gasteiger charge is 2.35. The maximum atomic E-state index is 13.6. The molecule has 0 radical (unpaired) electrons. The Morgan fingerprint density at radius 1 is 1.16 bits per heavy atom. The van der Waals surface area contributed by atoms with Crippen LogP contribution in [-0.4, -0.2) is 42.5 Å². The van der Waals surface area contributed by atoms with Crippen molar-refractivity contribution in [1.82, 2.24) is 30.0 Å². The minimum atomic E-state index is -0.374. The average Bonchev–Trinajstić information content (AvgIpc) is 3.54. The van der Waals surface area contributed by atoms with Crippen molar-refractivity contribution in [2.24, 2.45) is 0 Å². The summed E-state index contributed by atoms with van der Waals surface area (Å²) in [6, 6.07) is 11.3. The van der Waals surface area contributed by atoms with E-state index in [-0.39, 0.29) is 17.8 Å². The molecule has 1 saturated heterocycles. The first-order valence-electron chi connectivity index (χ1n) is 9.98. The number of nitrogens with zero attached hydrogens (tertiary/aromatic N) is 6. The van der Waals surface area contributed by atoms with Gasteiger partial charge >= 0.3 is 0 Å². The van der Waals surface area contributed by atoms with Crippen LogP contribution in [0.15, 0.2) is 59.4 Å². The van der Waals surface area contributed by atoms with E-state index in [2.05, 4.69) is 20.3 Å². The van der Waals surface area contributed by atoms with Crippen molar-refractivity contribution in [3.63, 3.8) is 0 Å². The molecule has 1 atom stereocenters. The van der Waals surface area contributed by atoms with Gasteiger partial charge in [0.1, 0.15) is 11.9 Å². The number of hydrogen-bond donors (Lipinski definition) is 0. The molecule has 0 saturated carbocycles. The first kappa shape index (κ1) is 19.1. The number of aryl methyl sites for hydroxylation is 1. The molecule has 2 aromatic heterocycles. The van der Waals surface area contributed by atoms with Gasteiger partial charge in [-0.25, -0.2) is 4.39 Å². The number of rotatable bonds is 4. The zero-order valence-electron chi connectivity index (χ0n) is 16.8. The van der Waals surface area contributed by atoms with E-state index in [4.69, 9.17) is 4.52 Å². The van der Waals surface area contributed by atoms with Crippen molar-refractivity contribution < 1.29 is 13.7 Å². The number of amides is 1. The lowest BCUT2D eigenvalue weighted by Gasteiger charge is -2.23. The van der Waals surface area contributed by atoms with Crippen LogP contribution < -0.4 is 0 Å². The van der Waals surface area contributed by atoms with Crippen molar-refractivity contribution in [3.8, 4) is 17.1 Å². The molecular formula is C22H19FN6O2. The van der Waals surface area contributed by atoms with Gasteiger partial charge < -0.3 is 9.42 Å². The monoisotopic (exact) mass is 418 g/mol. The highest BCUT2D eigenvalue weighted by atomic mass is 19.1. The fourth-order valence-corrected chi connectivity index (χ4v) is 3.87. The van der Waals surface area contributed by atoms with E-state index >= 15 is 0 Å². The molecule has 1 aliphatic rings. The number of benzene rings is 2. The van der Waals surface area contributed by atoms with Gasteiger partial charge in [-0.15, -0.1) is 0 Å². The third-order valence-corrected chi connectivity index (χ3v) is 5.34. The fraction of sp³-hybridized carbons (Fsp3) is 0.227. The Hall–Kier alpha value is -3.88. The molecule has 1 fully saturated rings. The summed E-state index contributed by atoms with van der Waals surface area (Å²) in [5, 5.41) is 12.3. The van der Waals surface area contributed by atoms with E-state index in [0.717, 1.165) is 12.0 Å². The third-order valence-electron chi connectivity index (χ3n) is 5.34. The van der Waals surface area contributed by atoms with Gasteiger partial charge in [-0.05, 0) is 44.0 Å². The summed E-state index contributed by atoms with van der Waals surface area (Å²) in [4.78, 5) is 21.2. The number of halogens is 1. The Morgan fingerprint density at radius 3 is 2.81 bits per heavy atom. The normalized spacial score (nSPS) is 16.1. The molecule has 5 rings (SSSR count). The summed E-state index contributed by atoms with van der Waals surface area (Å²) < 4.78 is 19.0. The summed E-state index contributed by atoms with van der Waals surface area (Å²) in [5.74, 6) is 0.118. The molecule has 156 valence electrons. The quantitative estimate of drug-likeness (QED) is 0.502. The first-order chi connectivity index (χ1) is 15.1. The standard InChI is InChI=1S/C22H19FN6O2/c1-14-7-8-18(29-24-9-10-25-29)17(12-14)22(30)28-11-3-6-19(28)21-26-20(27-31-21)15-4-2-5-16(23)13-15/h2,4-5,7-10,12-13,19H,3,6,11H2,1H3/t19-/m0/s1. The van der Waals surface area contributed by atoms with Crippen LogP contribution in [0.4, 0.5) is 4.39 Å². The second-order valence-electron chi connectivity index (χ2n) is 7.46. The number of aromatic nitrogens is 5. The first-order valence-corrected chi connectivity index (χ1v) is 9.98. The van der Waals surface area contributed by atoms with Gasteiger partial charge in [0.15, 0.2) is 0 Å². The highest BCUT2D eigenvalue weighted by Crippen LogP contribution is 2.34. The van der Waals surface area contributed by atoms with Crippen LogP contribution in [0.3, 0.4) is 0 Å². The Labute approximate surface area is 177 Å². The molecule has 9 heteroatoms. The summed E-state index contributed by atoms with van der Waals surface area (Å²) in [7, 11) is 0. The summed E-state index contributed by atoms with van der Waals surface area (Å²) in [6.45, 7) is 2.50. The number of carbonyl (C=O) groups excluding carboxylic acids is 1. The van der Waals surface area contributed by atoms with Crippen LogP contribution in [0.25, 0.3) is 17.1 Å².